The van der Waals surface area contributed by atoms with Gasteiger partial charge < -0.3 is 20.0 Å². The topological polar surface area (TPSA) is 55.9 Å². The number of carbonyl (C=O) groups excluding carboxylic acids is 2. The minimum atomic E-state index is -0.0821. The molecule has 142 valence electrons. The Balaban J connectivity index is 1.49. The lowest BCUT2D eigenvalue weighted by atomic mass is 10.1. The zero-order valence-corrected chi connectivity index (χ0v) is 15.9. The first-order valence-corrected chi connectivity index (χ1v) is 9.18. The van der Waals surface area contributed by atoms with E-state index in [0.29, 0.717) is 38.3 Å². The molecule has 3 rings (SSSR count). The van der Waals surface area contributed by atoms with Crippen LogP contribution in [0.3, 0.4) is 0 Å². The van der Waals surface area contributed by atoms with Crippen molar-refractivity contribution >= 4 is 17.6 Å². The molecule has 3 amide bonds. The second-order valence-electron chi connectivity index (χ2n) is 6.86. The minimum absolute atomic E-state index is 0.0182. The Kier molecular flexibility index (Phi) is 5.96. The van der Waals surface area contributed by atoms with Crippen molar-refractivity contribution in [3.8, 4) is 0 Å². The van der Waals surface area contributed by atoms with Gasteiger partial charge in [-0.3, -0.25) is 4.79 Å². The van der Waals surface area contributed by atoms with Crippen molar-refractivity contribution in [2.24, 2.45) is 0 Å². The summed E-state index contributed by atoms with van der Waals surface area (Å²) >= 11 is 0. The highest BCUT2D eigenvalue weighted by atomic mass is 16.2. The lowest BCUT2D eigenvalue weighted by molar-refractivity contribution is 0.0665. The van der Waals surface area contributed by atoms with E-state index in [1.807, 2.05) is 78.5 Å². The standard InChI is InChI=1S/C21H26N4O2/c1-23(2)19-10-8-18(9-11-19)20(26)24-12-14-25(15-13-24)21(27)22-16-17-6-4-3-5-7-17/h3-11H,12-16H2,1-2H3,(H,22,27). The number of carbonyl (C=O) groups is 2. The summed E-state index contributed by atoms with van der Waals surface area (Å²) in [5.41, 5.74) is 2.81. The van der Waals surface area contributed by atoms with Crippen molar-refractivity contribution in [1.82, 2.24) is 15.1 Å². The minimum Gasteiger partial charge on any atom is -0.378 e. The second kappa shape index (κ2) is 8.58. The van der Waals surface area contributed by atoms with E-state index in [9.17, 15) is 9.59 Å². The van der Waals surface area contributed by atoms with Crippen LogP contribution in [-0.4, -0.2) is 62.0 Å². The monoisotopic (exact) mass is 366 g/mol. The highest BCUT2D eigenvalue weighted by Gasteiger charge is 2.24. The van der Waals surface area contributed by atoms with Crippen molar-refractivity contribution in [2.75, 3.05) is 45.2 Å². The molecule has 1 aliphatic heterocycles. The van der Waals surface area contributed by atoms with Gasteiger partial charge in [0.2, 0.25) is 0 Å². The summed E-state index contributed by atoms with van der Waals surface area (Å²) in [5, 5.41) is 2.94. The van der Waals surface area contributed by atoms with E-state index >= 15 is 0 Å². The number of amides is 3. The number of nitrogens with one attached hydrogen (secondary N) is 1. The molecule has 6 nitrogen and oxygen atoms in total. The van der Waals surface area contributed by atoms with Crippen molar-refractivity contribution in [2.45, 2.75) is 6.54 Å². The summed E-state index contributed by atoms with van der Waals surface area (Å²) in [4.78, 5) is 30.6. The van der Waals surface area contributed by atoms with Gasteiger partial charge >= 0.3 is 6.03 Å². The van der Waals surface area contributed by atoms with E-state index < -0.39 is 0 Å². The molecule has 2 aromatic carbocycles. The number of benzene rings is 2. The lowest BCUT2D eigenvalue weighted by Gasteiger charge is -2.34. The normalized spacial score (nSPS) is 14.0. The first kappa shape index (κ1) is 18.8. The molecule has 0 aliphatic carbocycles. The van der Waals surface area contributed by atoms with Gasteiger partial charge in [0.25, 0.3) is 5.91 Å². The summed E-state index contributed by atoms with van der Waals surface area (Å²) in [7, 11) is 3.94. The van der Waals surface area contributed by atoms with Crippen molar-refractivity contribution in [3.63, 3.8) is 0 Å². The lowest BCUT2D eigenvalue weighted by Crippen LogP contribution is -2.53. The number of hydrogen-bond donors (Lipinski definition) is 1. The Morgan fingerprint density at radius 3 is 2.07 bits per heavy atom. The van der Waals surface area contributed by atoms with Gasteiger partial charge in [0.15, 0.2) is 0 Å². The molecule has 6 heteroatoms. The van der Waals surface area contributed by atoms with Gasteiger partial charge in [-0.25, -0.2) is 4.79 Å². The number of hydrogen-bond acceptors (Lipinski definition) is 3. The van der Waals surface area contributed by atoms with Crippen molar-refractivity contribution in [1.29, 1.82) is 0 Å². The Hall–Kier alpha value is -3.02. The number of anilines is 1. The number of urea groups is 1. The molecule has 0 atom stereocenters. The van der Waals surface area contributed by atoms with E-state index in [1.54, 1.807) is 4.90 Å². The van der Waals surface area contributed by atoms with Crippen LogP contribution in [0.5, 0.6) is 0 Å². The van der Waals surface area contributed by atoms with Crippen LogP contribution < -0.4 is 10.2 Å². The van der Waals surface area contributed by atoms with Gasteiger partial charge in [0.1, 0.15) is 0 Å². The maximum absolute atomic E-state index is 12.7. The van der Waals surface area contributed by atoms with E-state index in [2.05, 4.69) is 5.32 Å². The molecule has 1 fully saturated rings. The van der Waals surface area contributed by atoms with Crippen LogP contribution in [0.2, 0.25) is 0 Å². The Bertz CT molecular complexity index is 767. The van der Waals surface area contributed by atoms with Crippen LogP contribution in [-0.2, 0) is 6.54 Å². The van der Waals surface area contributed by atoms with Crippen LogP contribution in [0.1, 0.15) is 15.9 Å². The van der Waals surface area contributed by atoms with Gasteiger partial charge in [-0.2, -0.15) is 0 Å². The van der Waals surface area contributed by atoms with Crippen molar-refractivity contribution in [3.05, 3.63) is 65.7 Å². The van der Waals surface area contributed by atoms with Crippen LogP contribution in [0, 0.1) is 0 Å². The van der Waals surface area contributed by atoms with Crippen LogP contribution in [0.25, 0.3) is 0 Å². The molecule has 1 saturated heterocycles. The molecule has 0 aromatic heterocycles. The summed E-state index contributed by atoms with van der Waals surface area (Å²) in [6.07, 6.45) is 0. The number of rotatable bonds is 4. The Morgan fingerprint density at radius 1 is 0.889 bits per heavy atom. The highest BCUT2D eigenvalue weighted by molar-refractivity contribution is 5.94. The summed E-state index contributed by atoms with van der Waals surface area (Å²) < 4.78 is 0. The average Bonchev–Trinajstić information content (AvgIpc) is 2.72. The van der Waals surface area contributed by atoms with Crippen LogP contribution in [0.15, 0.2) is 54.6 Å². The molecule has 0 spiro atoms. The van der Waals surface area contributed by atoms with E-state index in [4.69, 9.17) is 0 Å². The molecule has 0 unspecified atom stereocenters. The fraction of sp³-hybridized carbons (Fsp3) is 0.333. The first-order chi connectivity index (χ1) is 13.0. The third kappa shape index (κ3) is 4.78. The Morgan fingerprint density at radius 2 is 1.48 bits per heavy atom. The van der Waals surface area contributed by atoms with Gasteiger partial charge in [-0.1, -0.05) is 30.3 Å². The molecule has 1 N–H and O–H groups in total. The second-order valence-corrected chi connectivity index (χ2v) is 6.86. The number of nitrogens with zero attached hydrogens (tertiary/aromatic N) is 3. The molecular weight excluding hydrogens is 340 g/mol. The van der Waals surface area contributed by atoms with Crippen molar-refractivity contribution < 1.29 is 9.59 Å². The fourth-order valence-corrected chi connectivity index (χ4v) is 3.08. The Labute approximate surface area is 160 Å². The fourth-order valence-electron chi connectivity index (χ4n) is 3.08. The van der Waals surface area contributed by atoms with Gasteiger partial charge in [0.05, 0.1) is 0 Å². The van der Waals surface area contributed by atoms with E-state index in [1.165, 1.54) is 0 Å². The summed E-state index contributed by atoms with van der Waals surface area (Å²) in [5.74, 6) is 0.0182. The molecule has 1 heterocycles. The molecule has 1 aliphatic rings. The smallest absolute Gasteiger partial charge is 0.317 e. The maximum Gasteiger partial charge on any atom is 0.317 e. The molecule has 27 heavy (non-hydrogen) atoms. The molecule has 0 saturated carbocycles. The average molecular weight is 366 g/mol. The van der Waals surface area contributed by atoms with Crippen LogP contribution in [0.4, 0.5) is 10.5 Å². The summed E-state index contributed by atoms with van der Waals surface area (Å²) in [6.45, 7) is 2.70. The molecule has 0 radical (unpaired) electrons. The third-order valence-corrected chi connectivity index (χ3v) is 4.77. The third-order valence-electron chi connectivity index (χ3n) is 4.77. The summed E-state index contributed by atoms with van der Waals surface area (Å²) in [6, 6.07) is 17.4. The predicted octanol–water partition coefficient (Wildman–Crippen LogP) is 2.42. The van der Waals surface area contributed by atoms with Gasteiger partial charge in [-0.05, 0) is 29.8 Å². The molecule has 0 bridgehead atoms. The van der Waals surface area contributed by atoms with Gasteiger partial charge in [0, 0.05) is 58.1 Å². The van der Waals surface area contributed by atoms with Gasteiger partial charge in [-0.15, -0.1) is 0 Å². The largest absolute Gasteiger partial charge is 0.378 e. The number of piperazine rings is 1. The predicted molar refractivity (Wildman–Crippen MR) is 107 cm³/mol. The van der Waals surface area contributed by atoms with E-state index in [0.717, 1.165) is 11.3 Å². The zero-order valence-electron chi connectivity index (χ0n) is 15.9. The maximum atomic E-state index is 12.7. The first-order valence-electron chi connectivity index (χ1n) is 9.18. The molecular formula is C21H26N4O2. The highest BCUT2D eigenvalue weighted by Crippen LogP contribution is 2.15. The quantitative estimate of drug-likeness (QED) is 0.904. The van der Waals surface area contributed by atoms with Crippen LogP contribution >= 0.6 is 0 Å². The SMILES string of the molecule is CN(C)c1ccc(C(=O)N2CCN(C(=O)NCc3ccccc3)CC2)cc1. The zero-order chi connectivity index (χ0) is 19.2. The molecule has 2 aromatic rings. The van der Waals surface area contributed by atoms with E-state index in [-0.39, 0.29) is 11.9 Å².